The number of para-hydroxylation sites is 2. The van der Waals surface area contributed by atoms with E-state index < -0.39 is 11.7 Å². The Kier molecular flexibility index (Phi) is 5.31. The van der Waals surface area contributed by atoms with Crippen LogP contribution in [0.4, 0.5) is 5.69 Å². The average molecular weight is 297 g/mol. The summed E-state index contributed by atoms with van der Waals surface area (Å²) in [6.07, 6.45) is 0.933. The van der Waals surface area contributed by atoms with Crippen molar-refractivity contribution in [2.75, 3.05) is 12.4 Å². The average Bonchev–Trinajstić information content (AvgIpc) is 2.55. The van der Waals surface area contributed by atoms with Crippen molar-refractivity contribution in [2.45, 2.75) is 19.8 Å². The summed E-state index contributed by atoms with van der Waals surface area (Å²) in [4.78, 5) is 24.2. The number of amides is 1. The first-order chi connectivity index (χ1) is 10.7. The zero-order valence-corrected chi connectivity index (χ0v) is 12.8. The summed E-state index contributed by atoms with van der Waals surface area (Å²) in [6, 6.07) is 14.7. The fourth-order valence-electron chi connectivity index (χ4n) is 2.27. The third-order valence-corrected chi connectivity index (χ3v) is 3.46. The van der Waals surface area contributed by atoms with Gasteiger partial charge in [-0.1, -0.05) is 43.3 Å². The Morgan fingerprint density at radius 2 is 1.64 bits per heavy atom. The summed E-state index contributed by atoms with van der Waals surface area (Å²) in [5.41, 5.74) is 2.47. The monoisotopic (exact) mass is 297 g/mol. The summed E-state index contributed by atoms with van der Waals surface area (Å²) in [5, 5.41) is 2.61. The Bertz CT molecular complexity index is 620. The van der Waals surface area contributed by atoms with E-state index >= 15 is 0 Å². The Balaban J connectivity index is 2.08. The number of anilines is 1. The van der Waals surface area contributed by atoms with E-state index in [1.807, 2.05) is 31.2 Å². The SMILES string of the molecule is CCc1ccccc1CC(=O)C(=O)Nc1ccccc1OC. The Morgan fingerprint density at radius 3 is 2.32 bits per heavy atom. The van der Waals surface area contributed by atoms with Crippen LogP contribution >= 0.6 is 0 Å². The highest BCUT2D eigenvalue weighted by Crippen LogP contribution is 2.23. The molecule has 4 heteroatoms. The summed E-state index contributed by atoms with van der Waals surface area (Å²) in [7, 11) is 1.52. The molecule has 0 saturated heterocycles. The fourth-order valence-corrected chi connectivity index (χ4v) is 2.27. The van der Waals surface area contributed by atoms with Gasteiger partial charge in [-0.15, -0.1) is 0 Å². The van der Waals surface area contributed by atoms with E-state index in [2.05, 4.69) is 5.32 Å². The van der Waals surface area contributed by atoms with Gasteiger partial charge in [0.2, 0.25) is 5.78 Å². The van der Waals surface area contributed by atoms with Crippen LogP contribution in [0, 0.1) is 0 Å². The summed E-state index contributed by atoms with van der Waals surface area (Å²) >= 11 is 0. The molecule has 2 aromatic rings. The number of hydrogen-bond donors (Lipinski definition) is 1. The molecule has 114 valence electrons. The van der Waals surface area contributed by atoms with Crippen LogP contribution in [0.2, 0.25) is 0 Å². The van der Waals surface area contributed by atoms with Gasteiger partial charge >= 0.3 is 0 Å². The molecule has 0 heterocycles. The minimum absolute atomic E-state index is 0.102. The van der Waals surface area contributed by atoms with Gasteiger partial charge in [-0.3, -0.25) is 9.59 Å². The molecule has 1 N–H and O–H groups in total. The summed E-state index contributed by atoms with van der Waals surface area (Å²) in [5.74, 6) is -0.570. The zero-order valence-electron chi connectivity index (χ0n) is 12.8. The van der Waals surface area contributed by atoms with Crippen LogP contribution in [0.1, 0.15) is 18.1 Å². The minimum Gasteiger partial charge on any atom is -0.495 e. The Labute approximate surface area is 130 Å². The van der Waals surface area contributed by atoms with Crippen LogP contribution < -0.4 is 10.1 Å². The van der Waals surface area contributed by atoms with Crippen LogP contribution in [0.25, 0.3) is 0 Å². The molecular formula is C18H19NO3. The number of hydrogen-bond acceptors (Lipinski definition) is 3. The molecule has 0 aliphatic rings. The van der Waals surface area contributed by atoms with Gasteiger partial charge in [0.1, 0.15) is 5.75 Å². The quantitative estimate of drug-likeness (QED) is 0.834. The maximum absolute atomic E-state index is 12.1. The van der Waals surface area contributed by atoms with Crippen molar-refractivity contribution >= 4 is 17.4 Å². The number of benzene rings is 2. The van der Waals surface area contributed by atoms with E-state index in [4.69, 9.17) is 4.74 Å². The number of Topliss-reactive ketones (excluding diaryl/α,β-unsaturated/α-hetero) is 1. The number of ketones is 1. The maximum atomic E-state index is 12.1. The first-order valence-electron chi connectivity index (χ1n) is 7.19. The largest absolute Gasteiger partial charge is 0.495 e. The molecule has 2 aromatic carbocycles. The molecule has 4 nitrogen and oxygen atoms in total. The Morgan fingerprint density at radius 1 is 1.00 bits per heavy atom. The van der Waals surface area contributed by atoms with Crippen molar-refractivity contribution in [2.24, 2.45) is 0 Å². The molecule has 0 atom stereocenters. The lowest BCUT2D eigenvalue weighted by Gasteiger charge is -2.10. The van der Waals surface area contributed by atoms with Crippen molar-refractivity contribution in [1.29, 1.82) is 0 Å². The molecule has 0 aliphatic carbocycles. The van der Waals surface area contributed by atoms with Crippen molar-refractivity contribution in [1.82, 2.24) is 0 Å². The smallest absolute Gasteiger partial charge is 0.292 e. The maximum Gasteiger partial charge on any atom is 0.292 e. The van der Waals surface area contributed by atoms with E-state index in [1.165, 1.54) is 7.11 Å². The van der Waals surface area contributed by atoms with E-state index in [-0.39, 0.29) is 6.42 Å². The highest BCUT2D eigenvalue weighted by molar-refractivity contribution is 6.41. The van der Waals surface area contributed by atoms with Gasteiger partial charge in [0.25, 0.3) is 5.91 Å². The van der Waals surface area contributed by atoms with Crippen LogP contribution in [0.15, 0.2) is 48.5 Å². The van der Waals surface area contributed by atoms with E-state index in [0.29, 0.717) is 11.4 Å². The molecule has 0 aromatic heterocycles. The number of aryl methyl sites for hydroxylation is 1. The lowest BCUT2D eigenvalue weighted by molar-refractivity contribution is -0.134. The zero-order chi connectivity index (χ0) is 15.9. The van der Waals surface area contributed by atoms with Gasteiger partial charge in [0.15, 0.2) is 0 Å². The van der Waals surface area contributed by atoms with Crippen molar-refractivity contribution in [3.05, 3.63) is 59.7 Å². The molecule has 0 unspecified atom stereocenters. The number of carbonyl (C=O) groups excluding carboxylic acids is 2. The standard InChI is InChI=1S/C18H19NO3/c1-3-13-8-4-5-9-14(13)12-16(20)18(21)19-15-10-6-7-11-17(15)22-2/h4-11H,3,12H2,1-2H3,(H,19,21). The predicted octanol–water partition coefficient (Wildman–Crippen LogP) is 3.01. The van der Waals surface area contributed by atoms with Crippen LogP contribution in [0.5, 0.6) is 5.75 Å². The topological polar surface area (TPSA) is 55.4 Å². The predicted molar refractivity (Wildman–Crippen MR) is 86.2 cm³/mol. The van der Waals surface area contributed by atoms with Gasteiger partial charge in [-0.2, -0.15) is 0 Å². The van der Waals surface area contributed by atoms with Crippen molar-refractivity contribution < 1.29 is 14.3 Å². The molecule has 0 fully saturated rings. The molecule has 2 rings (SSSR count). The van der Waals surface area contributed by atoms with Crippen LogP contribution in [-0.2, 0) is 22.4 Å². The lowest BCUT2D eigenvalue weighted by atomic mass is 10.0. The summed E-state index contributed by atoms with van der Waals surface area (Å²) < 4.78 is 5.15. The van der Waals surface area contributed by atoms with E-state index in [9.17, 15) is 9.59 Å². The van der Waals surface area contributed by atoms with Crippen molar-refractivity contribution in [3.63, 3.8) is 0 Å². The Hall–Kier alpha value is -2.62. The molecule has 0 radical (unpaired) electrons. The van der Waals surface area contributed by atoms with E-state index in [1.54, 1.807) is 24.3 Å². The molecule has 0 spiro atoms. The molecule has 22 heavy (non-hydrogen) atoms. The first-order valence-corrected chi connectivity index (χ1v) is 7.19. The minimum atomic E-state index is -0.629. The molecule has 0 aliphatic heterocycles. The highest BCUT2D eigenvalue weighted by Gasteiger charge is 2.17. The summed E-state index contributed by atoms with van der Waals surface area (Å²) in [6.45, 7) is 2.03. The first kappa shape index (κ1) is 15.8. The van der Waals surface area contributed by atoms with Crippen LogP contribution in [-0.4, -0.2) is 18.8 Å². The van der Waals surface area contributed by atoms with Crippen LogP contribution in [0.3, 0.4) is 0 Å². The molecule has 0 bridgehead atoms. The highest BCUT2D eigenvalue weighted by atomic mass is 16.5. The molecule has 1 amide bonds. The van der Waals surface area contributed by atoms with Gasteiger partial charge in [-0.05, 0) is 29.7 Å². The number of carbonyl (C=O) groups is 2. The fraction of sp³-hybridized carbons (Fsp3) is 0.222. The number of rotatable bonds is 6. The second kappa shape index (κ2) is 7.41. The number of methoxy groups -OCH3 is 1. The van der Waals surface area contributed by atoms with E-state index in [0.717, 1.165) is 17.5 Å². The number of nitrogens with one attached hydrogen (secondary N) is 1. The molecule has 0 saturated carbocycles. The third kappa shape index (κ3) is 3.73. The van der Waals surface area contributed by atoms with Gasteiger partial charge in [0.05, 0.1) is 12.8 Å². The lowest BCUT2D eigenvalue weighted by Crippen LogP contribution is -2.25. The van der Waals surface area contributed by atoms with Gasteiger partial charge in [-0.25, -0.2) is 0 Å². The second-order valence-electron chi connectivity index (χ2n) is 4.88. The molecular weight excluding hydrogens is 278 g/mol. The second-order valence-corrected chi connectivity index (χ2v) is 4.88. The van der Waals surface area contributed by atoms with Gasteiger partial charge < -0.3 is 10.1 Å². The normalized spacial score (nSPS) is 10.1. The number of ether oxygens (including phenoxy) is 1. The van der Waals surface area contributed by atoms with Crippen molar-refractivity contribution in [3.8, 4) is 5.75 Å². The third-order valence-electron chi connectivity index (χ3n) is 3.46. The van der Waals surface area contributed by atoms with Gasteiger partial charge in [0, 0.05) is 6.42 Å².